The quantitative estimate of drug-likeness (QED) is 0.327. The van der Waals surface area contributed by atoms with Crippen LogP contribution in [0, 0.1) is 5.92 Å². The fourth-order valence-electron chi connectivity index (χ4n) is 1.81. The Kier molecular flexibility index (Phi) is 5.21. The topological polar surface area (TPSA) is 129 Å². The molecule has 0 heterocycles. The van der Waals surface area contributed by atoms with Crippen LogP contribution in [-0.4, -0.2) is 45.1 Å². The Morgan fingerprint density at radius 1 is 1.38 bits per heavy atom. The van der Waals surface area contributed by atoms with Crippen LogP contribution in [0.1, 0.15) is 40.0 Å². The van der Waals surface area contributed by atoms with Crippen molar-refractivity contribution < 1.29 is 29.0 Å². The number of rotatable bonds is 6. The SMILES string of the molecule is CC(C)(C)OC(=O)NC(CC(=O)C(=[N+]=[N-])C(=O)O)C1CC1. The van der Waals surface area contributed by atoms with Crippen molar-refractivity contribution in [2.45, 2.75) is 51.7 Å². The maximum Gasteiger partial charge on any atom is 0.441 e. The minimum Gasteiger partial charge on any atom is -0.472 e. The molecule has 0 aromatic carbocycles. The summed E-state index contributed by atoms with van der Waals surface area (Å²) >= 11 is 0. The fraction of sp³-hybridized carbons (Fsp3) is 0.692. The highest BCUT2D eigenvalue weighted by molar-refractivity contribution is 6.61. The van der Waals surface area contributed by atoms with E-state index in [4.69, 9.17) is 15.4 Å². The zero-order valence-electron chi connectivity index (χ0n) is 12.3. The fourth-order valence-corrected chi connectivity index (χ4v) is 1.81. The van der Waals surface area contributed by atoms with Crippen molar-refractivity contribution in [3.8, 4) is 0 Å². The molecule has 0 bridgehead atoms. The molecule has 1 unspecified atom stereocenters. The lowest BCUT2D eigenvalue weighted by molar-refractivity contribution is -0.136. The van der Waals surface area contributed by atoms with E-state index in [-0.39, 0.29) is 12.3 Å². The van der Waals surface area contributed by atoms with Crippen molar-refractivity contribution >= 4 is 23.6 Å². The van der Waals surface area contributed by atoms with Gasteiger partial charge in [-0.25, -0.2) is 9.59 Å². The maximum absolute atomic E-state index is 11.8. The van der Waals surface area contributed by atoms with Crippen LogP contribution in [0.5, 0.6) is 0 Å². The van der Waals surface area contributed by atoms with E-state index < -0.39 is 35.2 Å². The Hall–Kier alpha value is -2.21. The van der Waals surface area contributed by atoms with E-state index in [9.17, 15) is 14.4 Å². The largest absolute Gasteiger partial charge is 0.472 e. The van der Waals surface area contributed by atoms with Crippen LogP contribution in [0.15, 0.2) is 0 Å². The van der Waals surface area contributed by atoms with Gasteiger partial charge in [-0.15, -0.1) is 0 Å². The molecule has 0 saturated heterocycles. The van der Waals surface area contributed by atoms with Crippen LogP contribution in [0.4, 0.5) is 4.79 Å². The van der Waals surface area contributed by atoms with Gasteiger partial charge in [-0.05, 0) is 39.5 Å². The Balaban J connectivity index is 2.67. The number of amides is 1. The van der Waals surface area contributed by atoms with Gasteiger partial charge in [0.2, 0.25) is 0 Å². The number of nitrogens with zero attached hydrogens (tertiary/aromatic N) is 2. The first-order valence-corrected chi connectivity index (χ1v) is 6.62. The molecule has 1 saturated carbocycles. The molecular formula is C13H19N3O5. The van der Waals surface area contributed by atoms with Crippen molar-refractivity contribution in [3.63, 3.8) is 0 Å². The summed E-state index contributed by atoms with van der Waals surface area (Å²) in [5, 5.41) is 11.3. The average Bonchev–Trinajstić information content (AvgIpc) is 3.09. The zero-order chi connectivity index (χ0) is 16.2. The molecule has 0 radical (unpaired) electrons. The van der Waals surface area contributed by atoms with Gasteiger partial charge in [0, 0.05) is 12.5 Å². The van der Waals surface area contributed by atoms with Gasteiger partial charge in [0.15, 0.2) is 0 Å². The first-order chi connectivity index (χ1) is 9.64. The Labute approximate surface area is 122 Å². The molecule has 1 amide bonds. The third-order valence-electron chi connectivity index (χ3n) is 2.87. The zero-order valence-corrected chi connectivity index (χ0v) is 12.3. The van der Waals surface area contributed by atoms with Gasteiger partial charge in [-0.2, -0.15) is 4.79 Å². The molecule has 1 fully saturated rings. The molecule has 0 aromatic rings. The van der Waals surface area contributed by atoms with Crippen LogP contribution >= 0.6 is 0 Å². The van der Waals surface area contributed by atoms with Crippen LogP contribution in [0.25, 0.3) is 5.53 Å². The highest BCUT2D eigenvalue weighted by Crippen LogP contribution is 2.34. The minimum atomic E-state index is -1.60. The van der Waals surface area contributed by atoms with Crippen LogP contribution in [0.3, 0.4) is 0 Å². The van der Waals surface area contributed by atoms with Crippen molar-refractivity contribution in [1.82, 2.24) is 5.32 Å². The Bertz CT molecular complexity index is 498. The highest BCUT2D eigenvalue weighted by atomic mass is 16.6. The number of nitrogens with one attached hydrogen (secondary N) is 1. The van der Waals surface area contributed by atoms with E-state index in [2.05, 4.69) is 10.1 Å². The highest BCUT2D eigenvalue weighted by Gasteiger charge is 2.38. The van der Waals surface area contributed by atoms with Gasteiger partial charge in [-0.3, -0.25) is 4.79 Å². The monoisotopic (exact) mass is 297 g/mol. The van der Waals surface area contributed by atoms with Crippen molar-refractivity contribution in [3.05, 3.63) is 5.53 Å². The summed E-state index contributed by atoms with van der Waals surface area (Å²) in [5.74, 6) is -2.33. The summed E-state index contributed by atoms with van der Waals surface area (Å²) in [6.07, 6.45) is 0.777. The molecule has 0 spiro atoms. The van der Waals surface area contributed by atoms with Gasteiger partial charge >= 0.3 is 17.8 Å². The summed E-state index contributed by atoms with van der Waals surface area (Å²) in [6.45, 7) is 5.14. The smallest absolute Gasteiger partial charge is 0.441 e. The summed E-state index contributed by atoms with van der Waals surface area (Å²) < 4.78 is 5.10. The molecule has 1 aliphatic rings. The summed E-state index contributed by atoms with van der Waals surface area (Å²) in [4.78, 5) is 36.7. The molecule has 1 atom stereocenters. The summed E-state index contributed by atoms with van der Waals surface area (Å²) in [6, 6.07) is -0.525. The van der Waals surface area contributed by atoms with Gasteiger partial charge in [0.1, 0.15) is 5.60 Å². The van der Waals surface area contributed by atoms with Crippen molar-refractivity contribution in [2.24, 2.45) is 5.92 Å². The van der Waals surface area contributed by atoms with Gasteiger partial charge in [-0.1, -0.05) is 0 Å². The molecular weight excluding hydrogens is 278 g/mol. The van der Waals surface area contributed by atoms with E-state index in [1.54, 1.807) is 20.8 Å². The molecule has 1 aliphatic carbocycles. The van der Waals surface area contributed by atoms with E-state index in [1.807, 2.05) is 0 Å². The lowest BCUT2D eigenvalue weighted by Crippen LogP contribution is -2.42. The average molecular weight is 297 g/mol. The van der Waals surface area contributed by atoms with Crippen LogP contribution in [-0.2, 0) is 14.3 Å². The number of hydrogen-bond donors (Lipinski definition) is 2. The first-order valence-electron chi connectivity index (χ1n) is 6.62. The number of ketones is 1. The molecule has 2 N–H and O–H groups in total. The number of carboxylic acids is 1. The Morgan fingerprint density at radius 2 is 1.95 bits per heavy atom. The van der Waals surface area contributed by atoms with E-state index in [0.29, 0.717) is 0 Å². The van der Waals surface area contributed by atoms with Crippen molar-refractivity contribution in [1.29, 1.82) is 0 Å². The van der Waals surface area contributed by atoms with Crippen molar-refractivity contribution in [2.75, 3.05) is 0 Å². The second kappa shape index (κ2) is 6.49. The predicted octanol–water partition coefficient (Wildman–Crippen LogP) is 1.00. The predicted molar refractivity (Wildman–Crippen MR) is 71.8 cm³/mol. The molecule has 0 aliphatic heterocycles. The number of Topliss-reactive ketones (excluding diaryl/α,β-unsaturated/α-hetero) is 1. The first kappa shape index (κ1) is 16.8. The number of carboxylic acid groups (broad SMARTS) is 1. The standard InChI is InChI=1S/C13H19N3O5/c1-13(2,3)21-12(20)15-8(7-4-5-7)6-9(17)10(16-14)11(18)19/h7-8H,4-6H2,1-3H3,(H,15,20)(H,18,19). The lowest BCUT2D eigenvalue weighted by Gasteiger charge is -2.23. The number of carbonyl (C=O) groups is 3. The molecule has 0 aromatic heterocycles. The second-order valence-corrected chi connectivity index (χ2v) is 5.97. The third kappa shape index (κ3) is 5.74. The molecule has 116 valence electrons. The summed E-state index contributed by atoms with van der Waals surface area (Å²) in [7, 11) is 0. The number of ether oxygens (including phenoxy) is 1. The molecule has 1 rings (SSSR count). The minimum absolute atomic E-state index is 0.107. The molecule has 8 nitrogen and oxygen atoms in total. The van der Waals surface area contributed by atoms with Gasteiger partial charge < -0.3 is 20.7 Å². The van der Waals surface area contributed by atoms with Crippen LogP contribution in [0.2, 0.25) is 0 Å². The number of carbonyl (C=O) groups excluding carboxylic acids is 2. The van der Waals surface area contributed by atoms with E-state index >= 15 is 0 Å². The lowest BCUT2D eigenvalue weighted by atomic mass is 10.0. The Morgan fingerprint density at radius 3 is 2.33 bits per heavy atom. The normalized spacial score (nSPS) is 15.6. The van der Waals surface area contributed by atoms with E-state index in [1.165, 1.54) is 0 Å². The van der Waals surface area contributed by atoms with E-state index in [0.717, 1.165) is 12.8 Å². The molecule has 21 heavy (non-hydrogen) atoms. The molecule has 8 heteroatoms. The van der Waals surface area contributed by atoms with Gasteiger partial charge in [0.25, 0.3) is 5.78 Å². The van der Waals surface area contributed by atoms with Gasteiger partial charge in [0.05, 0.1) is 0 Å². The number of alkyl carbamates (subject to hydrolysis) is 1. The number of aliphatic carboxylic acids is 1. The van der Waals surface area contributed by atoms with Crippen LogP contribution < -0.4 is 5.32 Å². The second-order valence-electron chi connectivity index (χ2n) is 5.97. The third-order valence-corrected chi connectivity index (χ3v) is 2.87. The maximum atomic E-state index is 11.8. The number of hydrogen-bond acceptors (Lipinski definition) is 4. The summed E-state index contributed by atoms with van der Waals surface area (Å²) in [5.41, 5.74) is 6.94.